The lowest BCUT2D eigenvalue weighted by atomic mass is 9.57. The summed E-state index contributed by atoms with van der Waals surface area (Å²) < 4.78 is 0. The molecule has 8 N–H and O–H groups in total. The molecule has 1 fully saturated rings. The van der Waals surface area contributed by atoms with Gasteiger partial charge in [-0.3, -0.25) is 9.59 Å². The minimum atomic E-state index is -2.45. The summed E-state index contributed by atoms with van der Waals surface area (Å²) in [6.45, 7) is 0. The third-order valence-corrected chi connectivity index (χ3v) is 6.30. The predicted octanol–water partition coefficient (Wildman–Crippen LogP) is 0.0725. The normalized spacial score (nSPS) is 31.3. The van der Waals surface area contributed by atoms with E-state index in [1.807, 2.05) is 0 Å². The van der Waals surface area contributed by atoms with Gasteiger partial charge in [-0.1, -0.05) is 12.1 Å². The maximum absolute atomic E-state index is 13.4. The molecule has 1 amide bonds. The number of ketones is 1. The van der Waals surface area contributed by atoms with Crippen molar-refractivity contribution in [3.8, 4) is 5.75 Å². The number of rotatable bonds is 2. The van der Waals surface area contributed by atoms with Crippen LogP contribution >= 0.6 is 0 Å². The van der Waals surface area contributed by atoms with Crippen LogP contribution in [0.15, 0.2) is 35.1 Å². The predicted molar refractivity (Wildman–Crippen MR) is 102 cm³/mol. The molecule has 9 nitrogen and oxygen atoms in total. The number of primary amides is 1. The first-order valence-electron chi connectivity index (χ1n) is 9.15. The van der Waals surface area contributed by atoms with Gasteiger partial charge in [0.15, 0.2) is 5.60 Å². The van der Waals surface area contributed by atoms with Crippen molar-refractivity contribution in [1.29, 1.82) is 5.41 Å². The van der Waals surface area contributed by atoms with E-state index in [1.165, 1.54) is 13.1 Å². The number of carbonyl (C=O) groups is 2. The fourth-order valence-corrected chi connectivity index (χ4v) is 5.00. The van der Waals surface area contributed by atoms with Crippen LogP contribution in [0.25, 0.3) is 5.76 Å². The number of aliphatic hydroxyl groups is 3. The van der Waals surface area contributed by atoms with Gasteiger partial charge in [0, 0.05) is 11.5 Å². The number of nitrogens with one attached hydrogen (secondary N) is 2. The van der Waals surface area contributed by atoms with Gasteiger partial charge in [-0.05, 0) is 37.4 Å². The Kier molecular flexibility index (Phi) is 4.07. The van der Waals surface area contributed by atoms with Gasteiger partial charge in [-0.25, -0.2) is 0 Å². The Labute approximate surface area is 165 Å². The van der Waals surface area contributed by atoms with Crippen LogP contribution in [0, 0.1) is 17.2 Å². The first kappa shape index (κ1) is 19.2. The Balaban J connectivity index is 1.94. The summed E-state index contributed by atoms with van der Waals surface area (Å²) >= 11 is 0. The second-order valence-corrected chi connectivity index (χ2v) is 7.68. The van der Waals surface area contributed by atoms with Gasteiger partial charge in [-0.2, -0.15) is 0 Å². The molecule has 3 aliphatic rings. The topological polar surface area (TPSA) is 177 Å². The largest absolute Gasteiger partial charge is 0.510 e. The van der Waals surface area contributed by atoms with E-state index in [1.54, 1.807) is 12.1 Å². The summed E-state index contributed by atoms with van der Waals surface area (Å²) in [6, 6.07) is 3.77. The van der Waals surface area contributed by atoms with Crippen molar-refractivity contribution in [2.24, 2.45) is 17.6 Å². The van der Waals surface area contributed by atoms with E-state index >= 15 is 0 Å². The minimum Gasteiger partial charge on any atom is -0.510 e. The summed E-state index contributed by atoms with van der Waals surface area (Å²) in [5.74, 6) is -4.64. The van der Waals surface area contributed by atoms with Crippen molar-refractivity contribution in [2.75, 3.05) is 7.05 Å². The average molecular weight is 399 g/mol. The molecule has 1 aromatic rings. The number of likely N-dealkylation sites (N-methyl/N-ethyl adjacent to an activating group) is 1. The van der Waals surface area contributed by atoms with Gasteiger partial charge in [0.1, 0.15) is 22.8 Å². The van der Waals surface area contributed by atoms with Crippen LogP contribution in [0.1, 0.15) is 17.5 Å². The molecule has 0 bridgehead atoms. The van der Waals surface area contributed by atoms with Crippen molar-refractivity contribution >= 4 is 23.2 Å². The van der Waals surface area contributed by atoms with Crippen LogP contribution < -0.4 is 11.1 Å². The standard InChI is InChI=1S/C20H21N3O6/c1-23-14-9-6-8-5-7-3-2-4-10(24)11(7)15(25)12(8)18(27)20(9,29)17(21)13(16(14)26)19(22)28/h2-4,8-9,14,21,23-26,29H,5-6H2,1H3,(H2,22,28)/t8-,9-,14+,20+/m0/s1. The third kappa shape index (κ3) is 2.31. The number of hydrogen-bond donors (Lipinski definition) is 7. The molecule has 0 aromatic heterocycles. The van der Waals surface area contributed by atoms with Crippen LogP contribution in [-0.2, 0) is 16.0 Å². The van der Waals surface area contributed by atoms with Crippen molar-refractivity contribution in [3.05, 3.63) is 46.2 Å². The number of nitrogens with two attached hydrogens (primary N) is 1. The second kappa shape index (κ2) is 6.16. The lowest BCUT2D eigenvalue weighted by Crippen LogP contribution is -2.66. The third-order valence-electron chi connectivity index (χ3n) is 6.30. The number of phenols is 1. The molecule has 1 aromatic carbocycles. The average Bonchev–Trinajstić information content (AvgIpc) is 2.65. The molecule has 29 heavy (non-hydrogen) atoms. The highest BCUT2D eigenvalue weighted by Crippen LogP contribution is 2.51. The van der Waals surface area contributed by atoms with Crippen LogP contribution in [0.2, 0.25) is 0 Å². The highest BCUT2D eigenvalue weighted by Gasteiger charge is 2.62. The number of hydrogen-bond acceptors (Lipinski definition) is 8. The van der Waals surface area contributed by atoms with Gasteiger partial charge in [-0.15, -0.1) is 0 Å². The van der Waals surface area contributed by atoms with E-state index in [2.05, 4.69) is 5.32 Å². The zero-order valence-corrected chi connectivity index (χ0v) is 15.6. The summed E-state index contributed by atoms with van der Waals surface area (Å²) in [7, 11) is 1.50. The van der Waals surface area contributed by atoms with Gasteiger partial charge in [0.2, 0.25) is 5.78 Å². The van der Waals surface area contributed by atoms with E-state index in [0.29, 0.717) is 12.0 Å². The molecule has 9 heteroatoms. The molecule has 4 rings (SSSR count). The number of aromatic hydroxyl groups is 1. The van der Waals surface area contributed by atoms with E-state index in [4.69, 9.17) is 11.1 Å². The SMILES string of the molecule is CN[C@H]1C(O)=C(C(N)=O)C(=N)[C@@]2(O)C(=O)C3=C(O)c4c(O)cccc4C[C@H]3C[C@@H]12. The number of aliphatic hydroxyl groups excluding tert-OH is 2. The summed E-state index contributed by atoms with van der Waals surface area (Å²) in [5.41, 5.74) is 2.11. The highest BCUT2D eigenvalue weighted by atomic mass is 16.3. The van der Waals surface area contributed by atoms with Crippen LogP contribution in [0.3, 0.4) is 0 Å². The quantitative estimate of drug-likeness (QED) is 0.368. The van der Waals surface area contributed by atoms with E-state index < -0.39 is 58.0 Å². The van der Waals surface area contributed by atoms with E-state index in [9.17, 15) is 30.0 Å². The fourth-order valence-electron chi connectivity index (χ4n) is 5.00. The maximum Gasteiger partial charge on any atom is 0.254 e. The van der Waals surface area contributed by atoms with Crippen molar-refractivity contribution < 1.29 is 30.0 Å². The Morgan fingerprint density at radius 1 is 1.31 bits per heavy atom. The molecule has 4 atom stereocenters. The van der Waals surface area contributed by atoms with Gasteiger partial charge in [0.25, 0.3) is 5.91 Å². The number of Topliss-reactive ketones (excluding diaryl/α,β-unsaturated/α-hetero) is 1. The van der Waals surface area contributed by atoms with Crippen molar-refractivity contribution in [3.63, 3.8) is 0 Å². The number of fused-ring (bicyclic) bond motifs is 3. The van der Waals surface area contributed by atoms with Gasteiger partial charge in [0.05, 0.1) is 17.3 Å². The van der Waals surface area contributed by atoms with E-state index in [-0.39, 0.29) is 23.3 Å². The fraction of sp³-hybridized carbons (Fsp3) is 0.350. The monoisotopic (exact) mass is 399 g/mol. The van der Waals surface area contributed by atoms with Crippen LogP contribution in [0.4, 0.5) is 0 Å². The van der Waals surface area contributed by atoms with Gasteiger partial charge >= 0.3 is 0 Å². The smallest absolute Gasteiger partial charge is 0.254 e. The minimum absolute atomic E-state index is 0.0948. The Morgan fingerprint density at radius 3 is 2.62 bits per heavy atom. The molecule has 0 spiro atoms. The van der Waals surface area contributed by atoms with Crippen molar-refractivity contribution in [1.82, 2.24) is 5.32 Å². The molecule has 0 saturated heterocycles. The lowest BCUT2D eigenvalue weighted by Gasteiger charge is -2.49. The van der Waals surface area contributed by atoms with Crippen LogP contribution in [0.5, 0.6) is 5.75 Å². The molecule has 3 aliphatic carbocycles. The number of benzene rings is 1. The Morgan fingerprint density at radius 2 is 2.00 bits per heavy atom. The molecule has 0 unspecified atom stereocenters. The first-order chi connectivity index (χ1) is 13.6. The molecule has 1 saturated carbocycles. The highest BCUT2D eigenvalue weighted by molar-refractivity contribution is 6.33. The van der Waals surface area contributed by atoms with Crippen molar-refractivity contribution in [2.45, 2.75) is 24.5 Å². The number of phenolic OH excluding ortho intramolecular Hbond substituents is 1. The molecule has 152 valence electrons. The zero-order valence-electron chi connectivity index (χ0n) is 15.6. The molecule has 0 radical (unpaired) electrons. The molecular weight excluding hydrogens is 378 g/mol. The second-order valence-electron chi connectivity index (χ2n) is 7.68. The molecule has 0 aliphatic heterocycles. The van der Waals surface area contributed by atoms with Crippen LogP contribution in [-0.4, -0.2) is 56.5 Å². The summed E-state index contributed by atoms with van der Waals surface area (Å²) in [4.78, 5) is 25.3. The maximum atomic E-state index is 13.4. The van der Waals surface area contributed by atoms with E-state index in [0.717, 1.165) is 0 Å². The molecule has 0 heterocycles. The zero-order chi connectivity index (χ0) is 21.2. The molecular formula is C20H21N3O6. The first-order valence-corrected chi connectivity index (χ1v) is 9.15. The number of amides is 1. The summed E-state index contributed by atoms with van der Waals surface area (Å²) in [6.07, 6.45) is 0.485. The number of carbonyl (C=O) groups excluding carboxylic acids is 2. The Bertz CT molecular complexity index is 1040. The lowest BCUT2D eigenvalue weighted by molar-refractivity contribution is -0.137. The van der Waals surface area contributed by atoms with Gasteiger partial charge < -0.3 is 36.9 Å². The Hall–Kier alpha value is -3.17. The summed E-state index contributed by atoms with van der Waals surface area (Å²) in [5, 5.41) is 53.9.